The molecule has 1 fully saturated rings. The van der Waals surface area contributed by atoms with Crippen LogP contribution in [-0.4, -0.2) is 32.8 Å². The number of benzene rings is 1. The molecule has 25 heavy (non-hydrogen) atoms. The van der Waals surface area contributed by atoms with E-state index < -0.39 is 0 Å². The molecule has 2 aliphatic rings. The Morgan fingerprint density at radius 1 is 1.12 bits per heavy atom. The van der Waals surface area contributed by atoms with Crippen LogP contribution in [0.4, 0.5) is 0 Å². The van der Waals surface area contributed by atoms with Gasteiger partial charge < -0.3 is 4.57 Å². The third kappa shape index (κ3) is 3.59. The monoisotopic (exact) mass is 335 g/mol. The second kappa shape index (κ2) is 7.37. The van der Waals surface area contributed by atoms with E-state index in [1.165, 1.54) is 49.3 Å². The zero-order chi connectivity index (χ0) is 17.1. The minimum Gasteiger partial charge on any atom is -0.315 e. The Bertz CT molecular complexity index is 773. The zero-order valence-corrected chi connectivity index (χ0v) is 14.7. The van der Waals surface area contributed by atoms with E-state index in [4.69, 9.17) is 5.26 Å². The van der Waals surface area contributed by atoms with Gasteiger partial charge in [0.15, 0.2) is 0 Å². The van der Waals surface area contributed by atoms with Gasteiger partial charge in [-0.25, -0.2) is 0 Å². The van der Waals surface area contributed by atoms with Crippen molar-refractivity contribution in [2.75, 3.05) is 13.1 Å². The largest absolute Gasteiger partial charge is 0.315 e. The third-order valence-corrected chi connectivity index (χ3v) is 5.47. The molecule has 5 heteroatoms. The van der Waals surface area contributed by atoms with Crippen LogP contribution in [0, 0.1) is 11.3 Å². The number of rotatable bonds is 3. The summed E-state index contributed by atoms with van der Waals surface area (Å²) in [5.74, 6) is 2.87. The fourth-order valence-electron chi connectivity index (χ4n) is 4.22. The van der Waals surface area contributed by atoms with Crippen molar-refractivity contribution in [3.63, 3.8) is 0 Å². The summed E-state index contributed by atoms with van der Waals surface area (Å²) in [5.41, 5.74) is 1.97. The lowest BCUT2D eigenvalue weighted by atomic mass is 9.96. The molecular formula is C20H25N5. The molecule has 0 saturated carbocycles. The number of nitrogens with zero attached hydrogens (tertiary/aromatic N) is 5. The normalized spacial score (nSPS) is 21.3. The molecule has 0 N–H and O–H groups in total. The maximum atomic E-state index is 9.09. The Balaban J connectivity index is 1.48. The number of aromatic nitrogens is 3. The molecule has 0 spiro atoms. The highest BCUT2D eigenvalue weighted by Crippen LogP contribution is 2.28. The van der Waals surface area contributed by atoms with Crippen LogP contribution in [0.2, 0.25) is 0 Å². The molecule has 1 atom stereocenters. The fraction of sp³-hybridized carbons (Fsp3) is 0.550. The molecule has 0 radical (unpaired) electrons. The number of likely N-dealkylation sites (tertiary alicyclic amines) is 1. The van der Waals surface area contributed by atoms with Gasteiger partial charge in [0.25, 0.3) is 0 Å². The number of piperidine rings is 1. The zero-order valence-electron chi connectivity index (χ0n) is 14.7. The maximum Gasteiger partial charge on any atom is 0.137 e. The molecule has 5 nitrogen and oxygen atoms in total. The van der Waals surface area contributed by atoms with Gasteiger partial charge in [0.05, 0.1) is 11.6 Å². The van der Waals surface area contributed by atoms with E-state index in [2.05, 4.69) is 31.8 Å². The first-order valence-electron chi connectivity index (χ1n) is 9.47. The lowest BCUT2D eigenvalue weighted by Gasteiger charge is -2.32. The van der Waals surface area contributed by atoms with Crippen molar-refractivity contribution in [3.05, 3.63) is 47.0 Å². The van der Waals surface area contributed by atoms with Gasteiger partial charge in [-0.1, -0.05) is 18.6 Å². The van der Waals surface area contributed by atoms with Gasteiger partial charge in [0.2, 0.25) is 0 Å². The Labute approximate surface area is 149 Å². The summed E-state index contributed by atoms with van der Waals surface area (Å²) in [7, 11) is 0. The van der Waals surface area contributed by atoms with Crippen molar-refractivity contribution in [3.8, 4) is 6.07 Å². The highest BCUT2D eigenvalue weighted by atomic mass is 15.3. The average molecular weight is 335 g/mol. The molecule has 0 bridgehead atoms. The van der Waals surface area contributed by atoms with Gasteiger partial charge in [-0.2, -0.15) is 5.26 Å². The van der Waals surface area contributed by atoms with Crippen molar-refractivity contribution in [2.45, 2.75) is 57.5 Å². The molecule has 1 aromatic heterocycles. The van der Waals surface area contributed by atoms with Gasteiger partial charge in [0.1, 0.15) is 11.6 Å². The molecule has 0 aliphatic carbocycles. The van der Waals surface area contributed by atoms with Gasteiger partial charge in [-0.3, -0.25) is 4.90 Å². The number of fused-ring (bicyclic) bond motifs is 1. The third-order valence-electron chi connectivity index (χ3n) is 5.47. The lowest BCUT2D eigenvalue weighted by molar-refractivity contribution is 0.194. The average Bonchev–Trinajstić information content (AvgIpc) is 2.90. The highest BCUT2D eigenvalue weighted by Gasteiger charge is 2.27. The predicted molar refractivity (Wildman–Crippen MR) is 96.0 cm³/mol. The van der Waals surface area contributed by atoms with E-state index >= 15 is 0 Å². The smallest absolute Gasteiger partial charge is 0.137 e. The molecule has 2 aromatic rings. The highest BCUT2D eigenvalue weighted by molar-refractivity contribution is 5.32. The van der Waals surface area contributed by atoms with Crippen LogP contribution >= 0.6 is 0 Å². The Morgan fingerprint density at radius 2 is 2.08 bits per heavy atom. The van der Waals surface area contributed by atoms with Gasteiger partial charge in [-0.15, -0.1) is 10.2 Å². The van der Waals surface area contributed by atoms with Crippen molar-refractivity contribution >= 4 is 0 Å². The molecule has 1 saturated heterocycles. The standard InChI is InChI=1S/C20H25N5/c21-13-16-6-4-7-17(12-16)14-24-10-5-8-18(15-24)20-23-22-19-9-2-1-3-11-25(19)20/h4,6-7,12,18H,1-3,5,8-11,14-15H2. The van der Waals surface area contributed by atoms with Gasteiger partial charge in [-0.05, 0) is 49.9 Å². The van der Waals surface area contributed by atoms with E-state index in [1.54, 1.807) is 0 Å². The number of nitriles is 1. The maximum absolute atomic E-state index is 9.09. The molecule has 2 aliphatic heterocycles. The second-order valence-electron chi connectivity index (χ2n) is 7.32. The van der Waals surface area contributed by atoms with Crippen LogP contribution in [0.15, 0.2) is 24.3 Å². The van der Waals surface area contributed by atoms with E-state index in [0.717, 1.165) is 38.2 Å². The second-order valence-corrected chi connectivity index (χ2v) is 7.32. The van der Waals surface area contributed by atoms with Gasteiger partial charge in [0, 0.05) is 32.0 Å². The Morgan fingerprint density at radius 3 is 3.00 bits per heavy atom. The predicted octanol–water partition coefficient (Wildman–Crippen LogP) is 3.26. The van der Waals surface area contributed by atoms with Crippen molar-refractivity contribution in [1.29, 1.82) is 5.26 Å². The summed E-state index contributed by atoms with van der Waals surface area (Å²) in [6.45, 7) is 4.15. The van der Waals surface area contributed by atoms with Gasteiger partial charge >= 0.3 is 0 Å². The van der Waals surface area contributed by atoms with Crippen LogP contribution in [-0.2, 0) is 19.5 Å². The van der Waals surface area contributed by atoms with E-state index in [-0.39, 0.29) is 0 Å². The van der Waals surface area contributed by atoms with Crippen molar-refractivity contribution in [2.24, 2.45) is 0 Å². The number of hydrogen-bond acceptors (Lipinski definition) is 4. The SMILES string of the molecule is N#Cc1cccc(CN2CCCC(c3nnc4n3CCCCC4)C2)c1. The van der Waals surface area contributed by atoms with E-state index in [0.29, 0.717) is 5.92 Å². The summed E-state index contributed by atoms with van der Waals surface area (Å²) in [5, 5.41) is 18.1. The molecule has 1 unspecified atom stereocenters. The summed E-state index contributed by atoms with van der Waals surface area (Å²) >= 11 is 0. The molecule has 3 heterocycles. The van der Waals surface area contributed by atoms with Crippen LogP contribution in [0.5, 0.6) is 0 Å². The molecular weight excluding hydrogens is 310 g/mol. The summed E-state index contributed by atoms with van der Waals surface area (Å²) < 4.78 is 2.40. The fourth-order valence-corrected chi connectivity index (χ4v) is 4.22. The minimum absolute atomic E-state index is 0.479. The topological polar surface area (TPSA) is 57.7 Å². The summed E-state index contributed by atoms with van der Waals surface area (Å²) in [6.07, 6.45) is 7.26. The van der Waals surface area contributed by atoms with Crippen LogP contribution in [0.3, 0.4) is 0 Å². The minimum atomic E-state index is 0.479. The first-order chi connectivity index (χ1) is 12.3. The van der Waals surface area contributed by atoms with Crippen molar-refractivity contribution < 1.29 is 0 Å². The lowest BCUT2D eigenvalue weighted by Crippen LogP contribution is -2.35. The first-order valence-corrected chi connectivity index (χ1v) is 9.47. The van der Waals surface area contributed by atoms with E-state index in [9.17, 15) is 0 Å². The Kier molecular flexibility index (Phi) is 4.80. The molecule has 4 rings (SSSR count). The van der Waals surface area contributed by atoms with Crippen LogP contribution < -0.4 is 0 Å². The molecule has 0 amide bonds. The summed E-state index contributed by atoms with van der Waals surface area (Å²) in [4.78, 5) is 2.50. The first kappa shape index (κ1) is 16.3. The summed E-state index contributed by atoms with van der Waals surface area (Å²) in [6, 6.07) is 10.2. The number of aryl methyl sites for hydroxylation is 1. The molecule has 130 valence electrons. The Hall–Kier alpha value is -2.19. The number of hydrogen-bond donors (Lipinski definition) is 0. The van der Waals surface area contributed by atoms with Crippen molar-refractivity contribution in [1.82, 2.24) is 19.7 Å². The van der Waals surface area contributed by atoms with E-state index in [1.807, 2.05) is 18.2 Å². The quantitative estimate of drug-likeness (QED) is 0.864. The molecule has 1 aromatic carbocycles. The van der Waals surface area contributed by atoms with Crippen LogP contribution in [0.25, 0.3) is 0 Å². The van der Waals surface area contributed by atoms with Crippen LogP contribution in [0.1, 0.15) is 60.8 Å².